The number of methoxy groups -OCH3 is 1. The number of carbonyl (C=O) groups is 2. The number of amides is 2. The lowest BCUT2D eigenvalue weighted by molar-refractivity contribution is -0.148. The van der Waals surface area contributed by atoms with Gasteiger partial charge in [-0.05, 0) is 79.7 Å². The van der Waals surface area contributed by atoms with Crippen LogP contribution in [0, 0.1) is 5.92 Å². The van der Waals surface area contributed by atoms with Crippen molar-refractivity contribution in [1.82, 2.24) is 9.88 Å². The molecule has 5 rings (SSSR count). The summed E-state index contributed by atoms with van der Waals surface area (Å²) < 4.78 is 43.7. The van der Waals surface area contributed by atoms with E-state index in [0.29, 0.717) is 44.3 Å². The molecular weight excluding hydrogens is 585 g/mol. The number of rotatable bonds is 8. The van der Waals surface area contributed by atoms with Crippen LogP contribution in [0.1, 0.15) is 57.4 Å². The lowest BCUT2D eigenvalue weighted by Crippen LogP contribution is -2.58. The number of nitrogens with two attached hydrogens (primary N) is 1. The van der Waals surface area contributed by atoms with Crippen LogP contribution in [0.3, 0.4) is 0 Å². The van der Waals surface area contributed by atoms with Gasteiger partial charge in [-0.3, -0.25) is 9.69 Å². The van der Waals surface area contributed by atoms with Gasteiger partial charge in [-0.1, -0.05) is 54.6 Å². The van der Waals surface area contributed by atoms with Crippen LogP contribution in [0.4, 0.5) is 23.8 Å². The Morgan fingerprint density at radius 1 is 1.02 bits per heavy atom. The monoisotopic (exact) mass is 624 g/mol. The molecule has 2 aliphatic rings. The van der Waals surface area contributed by atoms with E-state index in [1.165, 1.54) is 0 Å². The minimum atomic E-state index is -4.53. The second kappa shape index (κ2) is 12.8. The van der Waals surface area contributed by atoms with Gasteiger partial charge in [0.05, 0.1) is 12.7 Å². The van der Waals surface area contributed by atoms with Crippen molar-refractivity contribution in [3.8, 4) is 22.3 Å². The summed E-state index contributed by atoms with van der Waals surface area (Å²) in [7, 11) is 1.07. The maximum atomic E-state index is 13.0. The van der Waals surface area contributed by atoms with E-state index < -0.39 is 36.0 Å². The van der Waals surface area contributed by atoms with Gasteiger partial charge in [0.15, 0.2) is 0 Å². The molecule has 0 atom stereocenters. The highest BCUT2D eigenvalue weighted by molar-refractivity contribution is 5.92. The van der Waals surface area contributed by atoms with Crippen LogP contribution >= 0.6 is 0 Å². The molecule has 0 spiro atoms. The number of halogens is 3. The number of pyridine rings is 1. The van der Waals surface area contributed by atoms with Gasteiger partial charge in [0, 0.05) is 29.8 Å². The van der Waals surface area contributed by atoms with Gasteiger partial charge in [0.1, 0.15) is 12.4 Å². The molecule has 2 saturated carbocycles. The largest absolute Gasteiger partial charge is 0.453 e. The SMILES string of the molecule is COC(=O)N(CC(F)(F)F)[C@H]1CC[C@H](CC(=O)Nc2cc(-c3ccccc3)c(-c3ccc([C@]4(N)C[C@](C)(O)C4)cc3)cn2)CC1. The van der Waals surface area contributed by atoms with Gasteiger partial charge in [0.25, 0.3) is 0 Å². The van der Waals surface area contributed by atoms with E-state index in [1.54, 1.807) is 13.1 Å². The van der Waals surface area contributed by atoms with E-state index in [9.17, 15) is 27.9 Å². The molecule has 1 heterocycles. The average molecular weight is 625 g/mol. The number of hydrogen-bond acceptors (Lipinski definition) is 6. The number of benzene rings is 2. The first-order chi connectivity index (χ1) is 21.2. The molecule has 2 amide bonds. The molecule has 1 aromatic heterocycles. The van der Waals surface area contributed by atoms with Crippen LogP contribution in [-0.2, 0) is 15.1 Å². The summed E-state index contributed by atoms with van der Waals surface area (Å²) in [5.74, 6) is 0.141. The van der Waals surface area contributed by atoms with E-state index in [1.807, 2.05) is 60.7 Å². The van der Waals surface area contributed by atoms with Crippen molar-refractivity contribution in [2.75, 3.05) is 19.0 Å². The van der Waals surface area contributed by atoms with Crippen LogP contribution in [0.25, 0.3) is 22.3 Å². The Labute approximate surface area is 260 Å². The molecule has 8 nitrogen and oxygen atoms in total. The Morgan fingerprint density at radius 3 is 2.22 bits per heavy atom. The van der Waals surface area contributed by atoms with Crippen molar-refractivity contribution < 1.29 is 32.6 Å². The molecule has 2 aromatic carbocycles. The Morgan fingerprint density at radius 2 is 1.64 bits per heavy atom. The fourth-order valence-corrected chi connectivity index (χ4v) is 6.87. The van der Waals surface area contributed by atoms with Crippen molar-refractivity contribution in [3.63, 3.8) is 0 Å². The van der Waals surface area contributed by atoms with Gasteiger partial charge in [-0.25, -0.2) is 9.78 Å². The summed E-state index contributed by atoms with van der Waals surface area (Å²) in [6, 6.07) is 19.0. The van der Waals surface area contributed by atoms with Crippen molar-refractivity contribution >= 4 is 17.8 Å². The third-order valence-electron chi connectivity index (χ3n) is 8.91. The fourth-order valence-electron chi connectivity index (χ4n) is 6.87. The zero-order valence-electron chi connectivity index (χ0n) is 25.4. The first-order valence-electron chi connectivity index (χ1n) is 15.1. The predicted molar refractivity (Wildman–Crippen MR) is 165 cm³/mol. The Balaban J connectivity index is 1.26. The maximum Gasteiger partial charge on any atom is 0.410 e. The number of anilines is 1. The quantitative estimate of drug-likeness (QED) is 0.259. The van der Waals surface area contributed by atoms with E-state index in [2.05, 4.69) is 15.0 Å². The molecule has 0 aliphatic heterocycles. The van der Waals surface area contributed by atoms with Crippen LogP contribution in [0.5, 0.6) is 0 Å². The highest BCUT2D eigenvalue weighted by atomic mass is 19.4. The summed E-state index contributed by atoms with van der Waals surface area (Å²) in [6.07, 6.45) is -0.853. The van der Waals surface area contributed by atoms with E-state index in [-0.39, 0.29) is 18.2 Å². The van der Waals surface area contributed by atoms with Crippen molar-refractivity contribution in [2.24, 2.45) is 11.7 Å². The number of nitrogens with zero attached hydrogens (tertiary/aromatic N) is 2. The minimum absolute atomic E-state index is 0.0248. The molecular formula is C34H39F3N4O4. The van der Waals surface area contributed by atoms with E-state index in [0.717, 1.165) is 39.8 Å². The number of alkyl halides is 3. The first-order valence-corrected chi connectivity index (χ1v) is 15.1. The second-order valence-corrected chi connectivity index (χ2v) is 12.7. The van der Waals surface area contributed by atoms with E-state index >= 15 is 0 Å². The van der Waals surface area contributed by atoms with Gasteiger partial charge in [-0.15, -0.1) is 0 Å². The fraction of sp³-hybridized carbons (Fsp3) is 0.441. The number of aliphatic hydroxyl groups is 1. The van der Waals surface area contributed by atoms with Gasteiger partial charge in [0.2, 0.25) is 5.91 Å². The normalized spacial score (nSPS) is 24.8. The molecule has 0 unspecified atom stereocenters. The van der Waals surface area contributed by atoms with Crippen LogP contribution in [-0.4, -0.2) is 58.5 Å². The number of aromatic nitrogens is 1. The second-order valence-electron chi connectivity index (χ2n) is 12.7. The highest BCUT2D eigenvalue weighted by Gasteiger charge is 2.49. The standard InChI is InChI=1S/C34H39F3N4O4/c1-32(44)19-33(38,20-32)25-12-10-24(11-13-25)28-18-39-29(17-27(28)23-6-4-3-5-7-23)40-30(42)16-22-8-14-26(15-9-22)41(31(43)45-2)21-34(35,36)37/h3-7,10-13,17-18,22,26,44H,8-9,14-16,19-21,38H2,1-2H3,(H,39,40,42)/t22-,26-,32-,33-. The molecule has 0 saturated heterocycles. The smallest absolute Gasteiger partial charge is 0.410 e. The molecule has 0 radical (unpaired) electrons. The highest BCUT2D eigenvalue weighted by Crippen LogP contribution is 2.46. The number of hydrogen-bond donors (Lipinski definition) is 3. The van der Waals surface area contributed by atoms with Crippen molar-refractivity contribution in [2.45, 2.75) is 75.2 Å². The topological polar surface area (TPSA) is 118 Å². The van der Waals surface area contributed by atoms with Gasteiger partial charge in [-0.2, -0.15) is 13.2 Å². The zero-order chi connectivity index (χ0) is 32.4. The Bertz CT molecular complexity index is 1500. The van der Waals surface area contributed by atoms with Crippen molar-refractivity contribution in [3.05, 3.63) is 72.4 Å². The summed E-state index contributed by atoms with van der Waals surface area (Å²) in [4.78, 5) is 30.3. The summed E-state index contributed by atoms with van der Waals surface area (Å²) >= 11 is 0. The number of carbonyl (C=O) groups excluding carboxylic acids is 2. The molecule has 45 heavy (non-hydrogen) atoms. The third-order valence-corrected chi connectivity index (χ3v) is 8.91. The van der Waals surface area contributed by atoms with Gasteiger partial charge >= 0.3 is 12.3 Å². The molecule has 11 heteroatoms. The molecule has 240 valence electrons. The Hall–Kier alpha value is -3.96. The maximum absolute atomic E-state index is 13.0. The van der Waals surface area contributed by atoms with Gasteiger partial charge < -0.3 is 20.9 Å². The number of nitrogens with one attached hydrogen (secondary N) is 1. The minimum Gasteiger partial charge on any atom is -0.453 e. The molecule has 2 aliphatic carbocycles. The van der Waals surface area contributed by atoms with Crippen LogP contribution < -0.4 is 11.1 Å². The zero-order valence-corrected chi connectivity index (χ0v) is 25.4. The number of ether oxygens (including phenoxy) is 1. The Kier molecular flexibility index (Phi) is 9.23. The molecule has 3 aromatic rings. The summed E-state index contributed by atoms with van der Waals surface area (Å²) in [5, 5.41) is 13.1. The predicted octanol–water partition coefficient (Wildman–Crippen LogP) is 6.63. The van der Waals surface area contributed by atoms with Crippen molar-refractivity contribution in [1.29, 1.82) is 0 Å². The summed E-state index contributed by atoms with van der Waals surface area (Å²) in [5.41, 5.74) is 9.83. The lowest BCUT2D eigenvalue weighted by atomic mass is 9.63. The lowest BCUT2D eigenvalue weighted by Gasteiger charge is -2.49. The molecule has 0 bridgehead atoms. The summed E-state index contributed by atoms with van der Waals surface area (Å²) in [6.45, 7) is 0.430. The average Bonchev–Trinajstić information content (AvgIpc) is 2.99. The third kappa shape index (κ3) is 7.83. The first kappa shape index (κ1) is 32.4. The van der Waals surface area contributed by atoms with Crippen LogP contribution in [0.15, 0.2) is 66.9 Å². The molecule has 2 fully saturated rings. The molecule has 4 N–H and O–H groups in total. The van der Waals surface area contributed by atoms with E-state index in [4.69, 9.17) is 5.73 Å². The van der Waals surface area contributed by atoms with Crippen LogP contribution in [0.2, 0.25) is 0 Å².